The first-order chi connectivity index (χ1) is 23.2. The van der Waals surface area contributed by atoms with Crippen molar-refractivity contribution in [3.63, 3.8) is 0 Å². The molecule has 7 aromatic rings. The van der Waals surface area contributed by atoms with Gasteiger partial charge >= 0.3 is 0 Å². The maximum absolute atomic E-state index is 5.41. The van der Waals surface area contributed by atoms with Gasteiger partial charge in [-0.2, -0.15) is 0 Å². The van der Waals surface area contributed by atoms with Crippen molar-refractivity contribution in [3.05, 3.63) is 168 Å². The minimum absolute atomic E-state index is 0.0845. The summed E-state index contributed by atoms with van der Waals surface area (Å²) in [7, 11) is 0. The quantitative estimate of drug-likeness (QED) is 0.201. The Balaban J connectivity index is 1.27. The number of pyridine rings is 1. The third-order valence-corrected chi connectivity index (χ3v) is 10.0. The van der Waals surface area contributed by atoms with Crippen molar-refractivity contribution in [1.29, 1.82) is 0 Å². The van der Waals surface area contributed by atoms with Gasteiger partial charge in [-0.25, -0.2) is 9.97 Å². The molecule has 3 heteroatoms. The standard InChI is InChI=1S/C44H33N3/c1-28-32-13-4-5-15-34(32)36-17-8-9-19-38(36)43(28)42-27-41(39-26-31-12-2-3-14-33(31)35-16-6-7-18-37(35)39)46-44(47-42)30-23-21-29(22-24-30)40-20-10-11-25-45-40/h3-11,13-28,43H,2,12H2,1H3. The van der Waals surface area contributed by atoms with Crippen LogP contribution >= 0.6 is 0 Å². The zero-order chi connectivity index (χ0) is 31.3. The lowest BCUT2D eigenvalue weighted by Crippen LogP contribution is -2.18. The Hall–Kier alpha value is -5.67. The van der Waals surface area contributed by atoms with E-state index in [1.807, 2.05) is 24.4 Å². The van der Waals surface area contributed by atoms with Crippen LogP contribution in [0.2, 0.25) is 0 Å². The average Bonchev–Trinajstić information content (AvgIpc) is 3.15. The van der Waals surface area contributed by atoms with Crippen LogP contribution in [0.25, 0.3) is 61.9 Å². The Morgan fingerprint density at radius 3 is 2.11 bits per heavy atom. The van der Waals surface area contributed by atoms with Crippen LogP contribution < -0.4 is 0 Å². The molecule has 2 heterocycles. The normalized spacial score (nSPS) is 16.4. The Bertz CT molecular complexity index is 2320. The van der Waals surface area contributed by atoms with Crippen LogP contribution in [0, 0.1) is 0 Å². The molecule has 0 aliphatic heterocycles. The van der Waals surface area contributed by atoms with E-state index >= 15 is 0 Å². The molecule has 2 aliphatic rings. The Morgan fingerprint density at radius 2 is 1.30 bits per heavy atom. The fraction of sp³-hybridized carbons (Fsp3) is 0.114. The Kier molecular flexibility index (Phi) is 6.64. The van der Waals surface area contributed by atoms with Crippen molar-refractivity contribution < 1.29 is 0 Å². The first-order valence-corrected chi connectivity index (χ1v) is 16.5. The molecule has 0 radical (unpaired) electrons. The van der Waals surface area contributed by atoms with E-state index in [0.29, 0.717) is 0 Å². The minimum Gasteiger partial charge on any atom is -0.256 e. The van der Waals surface area contributed by atoms with Gasteiger partial charge in [-0.05, 0) is 87.2 Å². The second kappa shape index (κ2) is 11.3. The van der Waals surface area contributed by atoms with Crippen LogP contribution in [-0.4, -0.2) is 15.0 Å². The number of aryl methyl sites for hydroxylation is 1. The smallest absolute Gasteiger partial charge is 0.160 e. The summed E-state index contributed by atoms with van der Waals surface area (Å²) in [6.45, 7) is 2.35. The van der Waals surface area contributed by atoms with E-state index in [-0.39, 0.29) is 11.8 Å². The summed E-state index contributed by atoms with van der Waals surface area (Å²) in [4.78, 5) is 15.3. The van der Waals surface area contributed by atoms with Crippen molar-refractivity contribution in [2.24, 2.45) is 0 Å². The highest BCUT2D eigenvalue weighted by Crippen LogP contribution is 2.50. The molecule has 9 rings (SSSR count). The largest absolute Gasteiger partial charge is 0.256 e. The molecule has 0 saturated carbocycles. The molecule has 3 nitrogen and oxygen atoms in total. The van der Waals surface area contributed by atoms with E-state index in [2.05, 4.69) is 133 Å². The zero-order valence-corrected chi connectivity index (χ0v) is 26.3. The third-order valence-electron chi connectivity index (χ3n) is 10.0. The number of allylic oxidation sites excluding steroid dienone is 1. The van der Waals surface area contributed by atoms with Crippen LogP contribution in [0.1, 0.15) is 53.1 Å². The summed E-state index contributed by atoms with van der Waals surface area (Å²) in [5, 5.41) is 2.50. The lowest BCUT2D eigenvalue weighted by Gasteiger charge is -2.33. The summed E-state index contributed by atoms with van der Waals surface area (Å²) in [6.07, 6.45) is 8.52. The topological polar surface area (TPSA) is 38.7 Å². The van der Waals surface area contributed by atoms with Crippen molar-refractivity contribution >= 4 is 16.8 Å². The van der Waals surface area contributed by atoms with Crippen LogP contribution in [-0.2, 0) is 6.42 Å². The summed E-state index contributed by atoms with van der Waals surface area (Å²) in [5.74, 6) is 1.07. The highest BCUT2D eigenvalue weighted by Gasteiger charge is 2.33. The van der Waals surface area contributed by atoms with Gasteiger partial charge in [-0.15, -0.1) is 0 Å². The molecule has 224 valence electrons. The van der Waals surface area contributed by atoms with Gasteiger partial charge in [0.2, 0.25) is 0 Å². The molecule has 2 aliphatic carbocycles. The Labute approximate surface area is 275 Å². The van der Waals surface area contributed by atoms with Crippen LogP contribution in [0.3, 0.4) is 0 Å². The van der Waals surface area contributed by atoms with Gasteiger partial charge in [0.05, 0.1) is 17.1 Å². The second-order valence-electron chi connectivity index (χ2n) is 12.7. The average molecular weight is 604 g/mol. The number of nitrogens with zero attached hydrogens (tertiary/aromatic N) is 3. The fourth-order valence-electron chi connectivity index (χ4n) is 7.74. The second-order valence-corrected chi connectivity index (χ2v) is 12.7. The molecular weight excluding hydrogens is 571 g/mol. The number of hydrogen-bond acceptors (Lipinski definition) is 3. The van der Waals surface area contributed by atoms with Gasteiger partial charge in [0.15, 0.2) is 5.82 Å². The van der Waals surface area contributed by atoms with Crippen LogP contribution in [0.15, 0.2) is 140 Å². The molecule has 2 aromatic heterocycles. The molecular formula is C44H33N3. The number of hydrogen-bond donors (Lipinski definition) is 0. The Morgan fingerprint density at radius 1 is 0.596 bits per heavy atom. The molecule has 0 N–H and O–H groups in total. The minimum atomic E-state index is 0.0845. The molecule has 2 unspecified atom stereocenters. The van der Waals surface area contributed by atoms with Crippen LogP contribution in [0.5, 0.6) is 0 Å². The summed E-state index contributed by atoms with van der Waals surface area (Å²) in [6, 6.07) is 45.7. The van der Waals surface area contributed by atoms with Gasteiger partial charge in [0.25, 0.3) is 0 Å². The van der Waals surface area contributed by atoms with Crippen LogP contribution in [0.4, 0.5) is 0 Å². The lowest BCUT2D eigenvalue weighted by molar-refractivity contribution is 0.633. The number of aromatic nitrogens is 3. The van der Waals surface area contributed by atoms with E-state index in [1.165, 1.54) is 49.7 Å². The van der Waals surface area contributed by atoms with Gasteiger partial charge in [-0.3, -0.25) is 4.98 Å². The maximum atomic E-state index is 5.41. The molecule has 2 atom stereocenters. The molecule has 5 aromatic carbocycles. The number of rotatable bonds is 4. The molecule has 0 fully saturated rings. The molecule has 0 spiro atoms. The van der Waals surface area contributed by atoms with E-state index < -0.39 is 0 Å². The van der Waals surface area contributed by atoms with E-state index in [4.69, 9.17) is 9.97 Å². The third kappa shape index (κ3) is 4.70. The number of fused-ring (bicyclic) bond motifs is 6. The molecule has 0 amide bonds. The summed E-state index contributed by atoms with van der Waals surface area (Å²) >= 11 is 0. The monoisotopic (exact) mass is 603 g/mol. The highest BCUT2D eigenvalue weighted by atomic mass is 14.9. The van der Waals surface area contributed by atoms with Crippen molar-refractivity contribution in [3.8, 4) is 45.0 Å². The molecule has 0 bridgehead atoms. The lowest BCUT2D eigenvalue weighted by atomic mass is 9.71. The van der Waals surface area contributed by atoms with Gasteiger partial charge in [-0.1, -0.05) is 122 Å². The molecule has 0 saturated heterocycles. The SMILES string of the molecule is CC1c2ccccc2-c2ccccc2C1c1cc(-c2cc3c(c4ccccc24)C=CCC3)nc(-c2ccc(-c3ccccn3)cc2)n1. The van der Waals surface area contributed by atoms with Crippen molar-refractivity contribution in [2.75, 3.05) is 0 Å². The van der Waals surface area contributed by atoms with Crippen molar-refractivity contribution in [2.45, 2.75) is 31.6 Å². The first-order valence-electron chi connectivity index (χ1n) is 16.5. The predicted octanol–water partition coefficient (Wildman–Crippen LogP) is 10.9. The van der Waals surface area contributed by atoms with E-state index in [0.717, 1.165) is 46.9 Å². The summed E-state index contributed by atoms with van der Waals surface area (Å²) < 4.78 is 0. The van der Waals surface area contributed by atoms with Gasteiger partial charge in [0.1, 0.15) is 0 Å². The summed E-state index contributed by atoms with van der Waals surface area (Å²) in [5.41, 5.74) is 14.2. The fourth-order valence-corrected chi connectivity index (χ4v) is 7.74. The number of benzene rings is 5. The van der Waals surface area contributed by atoms with Crippen molar-refractivity contribution in [1.82, 2.24) is 15.0 Å². The van der Waals surface area contributed by atoms with E-state index in [1.54, 1.807) is 0 Å². The predicted molar refractivity (Wildman–Crippen MR) is 193 cm³/mol. The zero-order valence-electron chi connectivity index (χ0n) is 26.3. The van der Waals surface area contributed by atoms with E-state index in [9.17, 15) is 0 Å². The maximum Gasteiger partial charge on any atom is 0.160 e. The highest BCUT2D eigenvalue weighted by molar-refractivity contribution is 6.02. The molecule has 47 heavy (non-hydrogen) atoms. The van der Waals surface area contributed by atoms with Gasteiger partial charge < -0.3 is 0 Å². The van der Waals surface area contributed by atoms with Gasteiger partial charge in [0, 0.05) is 28.8 Å². The first kappa shape index (κ1) is 27.6.